The standard InChI is InChI=1S/C59H54O10/c1-61-47-32-51(62-2)55(52(33-47)63-3)59(60)56-53(67-39-44-25-15-7-16-26-44)34-48(64-36-41-19-9-4-10-20-41)35-54(56)69-57(58(59)68-40-45-27-17-8-18-28-45)46-29-30-49(65-37-42-21-11-5-12-22-42)50(31-46)66-38-43-23-13-6-14-24-43/h4-35,57-58,60H,36-40H2,1-3H3/t57-,58+,59?/m1/s1. The van der Waals surface area contributed by atoms with Crippen LogP contribution < -0.4 is 37.9 Å². The average molecular weight is 923 g/mol. The van der Waals surface area contributed by atoms with Crippen LogP contribution in [-0.2, 0) is 43.4 Å². The maximum absolute atomic E-state index is 14.4. The zero-order valence-electron chi connectivity index (χ0n) is 38.8. The van der Waals surface area contributed by atoms with Gasteiger partial charge in [0, 0.05) is 24.3 Å². The average Bonchev–Trinajstić information content (AvgIpc) is 3.41. The van der Waals surface area contributed by atoms with Gasteiger partial charge in [0.05, 0.1) is 39.1 Å². The van der Waals surface area contributed by atoms with Crippen LogP contribution in [0.5, 0.6) is 46.0 Å². The van der Waals surface area contributed by atoms with Gasteiger partial charge >= 0.3 is 0 Å². The Morgan fingerprint density at radius 1 is 0.406 bits per heavy atom. The third-order valence-electron chi connectivity index (χ3n) is 12.0. The van der Waals surface area contributed by atoms with Gasteiger partial charge in [-0.15, -0.1) is 0 Å². The van der Waals surface area contributed by atoms with E-state index >= 15 is 0 Å². The highest BCUT2D eigenvalue weighted by Crippen LogP contribution is 2.59. The van der Waals surface area contributed by atoms with Crippen LogP contribution in [0.2, 0.25) is 0 Å². The minimum atomic E-state index is -2.13. The first-order valence-corrected chi connectivity index (χ1v) is 22.8. The molecule has 1 aliphatic heterocycles. The van der Waals surface area contributed by atoms with Gasteiger partial charge in [0.25, 0.3) is 0 Å². The molecule has 0 saturated carbocycles. The van der Waals surface area contributed by atoms with Crippen LogP contribution in [0.4, 0.5) is 0 Å². The molecule has 1 heterocycles. The van der Waals surface area contributed by atoms with Crippen molar-refractivity contribution >= 4 is 0 Å². The monoisotopic (exact) mass is 922 g/mol. The smallest absolute Gasteiger partial charge is 0.162 e. The molecule has 0 spiro atoms. The fraction of sp³-hybridized carbons (Fsp3) is 0.186. The normalized spacial score (nSPS) is 16.1. The van der Waals surface area contributed by atoms with E-state index in [1.165, 1.54) is 14.2 Å². The minimum absolute atomic E-state index is 0.0951. The topological polar surface area (TPSA) is 103 Å². The van der Waals surface area contributed by atoms with E-state index in [2.05, 4.69) is 0 Å². The van der Waals surface area contributed by atoms with Gasteiger partial charge in [0.1, 0.15) is 67.0 Å². The summed E-state index contributed by atoms with van der Waals surface area (Å²) in [6.45, 7) is 1.10. The molecule has 1 unspecified atom stereocenters. The second-order valence-electron chi connectivity index (χ2n) is 16.5. The molecule has 1 N–H and O–H groups in total. The molecule has 1 aliphatic rings. The van der Waals surface area contributed by atoms with Crippen LogP contribution in [0.15, 0.2) is 194 Å². The highest BCUT2D eigenvalue weighted by molar-refractivity contribution is 5.65. The third-order valence-corrected chi connectivity index (χ3v) is 12.0. The lowest BCUT2D eigenvalue weighted by atomic mass is 9.74. The van der Waals surface area contributed by atoms with Crippen molar-refractivity contribution < 1.29 is 47.7 Å². The van der Waals surface area contributed by atoms with Crippen molar-refractivity contribution in [2.45, 2.75) is 50.8 Å². The molecule has 9 rings (SSSR count). The quantitative estimate of drug-likeness (QED) is 0.0795. The maximum atomic E-state index is 14.4. The molecule has 8 aromatic rings. The zero-order valence-corrected chi connectivity index (χ0v) is 38.8. The summed E-state index contributed by atoms with van der Waals surface area (Å²) in [5.74, 6) is 3.05. The second-order valence-corrected chi connectivity index (χ2v) is 16.5. The van der Waals surface area contributed by atoms with Crippen molar-refractivity contribution in [1.82, 2.24) is 0 Å². The second kappa shape index (κ2) is 21.8. The van der Waals surface area contributed by atoms with Gasteiger partial charge in [0.15, 0.2) is 23.2 Å². The lowest BCUT2D eigenvalue weighted by Gasteiger charge is -2.46. The summed E-state index contributed by atoms with van der Waals surface area (Å²) >= 11 is 0. The van der Waals surface area contributed by atoms with E-state index in [1.54, 1.807) is 31.4 Å². The number of hydrogen-bond donors (Lipinski definition) is 1. The molecule has 0 amide bonds. The fourth-order valence-electron chi connectivity index (χ4n) is 8.53. The Morgan fingerprint density at radius 2 is 0.841 bits per heavy atom. The lowest BCUT2D eigenvalue weighted by molar-refractivity contribution is -0.158. The van der Waals surface area contributed by atoms with Gasteiger partial charge in [0.2, 0.25) is 0 Å². The molecule has 0 aliphatic carbocycles. The van der Waals surface area contributed by atoms with Crippen molar-refractivity contribution in [3.8, 4) is 46.0 Å². The molecule has 0 radical (unpaired) electrons. The minimum Gasteiger partial charge on any atom is -0.496 e. The van der Waals surface area contributed by atoms with Gasteiger partial charge in [-0.1, -0.05) is 158 Å². The molecule has 10 nitrogen and oxygen atoms in total. The van der Waals surface area contributed by atoms with E-state index in [1.807, 2.05) is 170 Å². The Hall–Kier alpha value is -7.92. The van der Waals surface area contributed by atoms with E-state index in [9.17, 15) is 5.11 Å². The Bertz CT molecular complexity index is 2870. The van der Waals surface area contributed by atoms with Gasteiger partial charge in [-0.25, -0.2) is 0 Å². The number of fused-ring (bicyclic) bond motifs is 1. The molecule has 0 fully saturated rings. The summed E-state index contributed by atoms with van der Waals surface area (Å²) in [5.41, 5.74) is 3.78. The highest BCUT2D eigenvalue weighted by Gasteiger charge is 2.57. The molecular formula is C59H54O10. The number of benzene rings is 8. The fourth-order valence-corrected chi connectivity index (χ4v) is 8.53. The molecule has 10 heteroatoms. The summed E-state index contributed by atoms with van der Waals surface area (Å²) in [4.78, 5) is 0. The van der Waals surface area contributed by atoms with E-state index < -0.39 is 17.8 Å². The van der Waals surface area contributed by atoms with Crippen molar-refractivity contribution in [2.24, 2.45) is 0 Å². The molecule has 350 valence electrons. The zero-order chi connectivity index (χ0) is 47.4. The number of ether oxygens (including phenoxy) is 9. The first kappa shape index (κ1) is 46.2. The third kappa shape index (κ3) is 10.6. The van der Waals surface area contributed by atoms with E-state index in [-0.39, 0.29) is 54.8 Å². The van der Waals surface area contributed by atoms with Gasteiger partial charge in [-0.05, 0) is 45.5 Å². The highest BCUT2D eigenvalue weighted by atomic mass is 16.6. The van der Waals surface area contributed by atoms with Gasteiger partial charge in [-0.2, -0.15) is 0 Å². The van der Waals surface area contributed by atoms with Crippen LogP contribution >= 0.6 is 0 Å². The summed E-state index contributed by atoms with van der Waals surface area (Å²) in [6, 6.07) is 62.0. The number of rotatable bonds is 20. The first-order valence-electron chi connectivity index (χ1n) is 22.8. The lowest BCUT2D eigenvalue weighted by Crippen LogP contribution is -2.51. The Labute approximate surface area is 403 Å². The van der Waals surface area contributed by atoms with Crippen LogP contribution in [-0.4, -0.2) is 32.5 Å². The Balaban J connectivity index is 1.25. The van der Waals surface area contributed by atoms with Crippen LogP contribution in [0.25, 0.3) is 0 Å². The van der Waals surface area contributed by atoms with E-state index in [4.69, 9.17) is 42.6 Å². The Kier molecular flexibility index (Phi) is 14.6. The molecular weight excluding hydrogens is 869 g/mol. The van der Waals surface area contributed by atoms with Crippen molar-refractivity contribution in [1.29, 1.82) is 0 Å². The summed E-state index contributed by atoms with van der Waals surface area (Å²) in [7, 11) is 4.64. The number of hydrogen-bond acceptors (Lipinski definition) is 10. The van der Waals surface area contributed by atoms with Crippen LogP contribution in [0.3, 0.4) is 0 Å². The van der Waals surface area contributed by atoms with E-state index in [0.717, 1.165) is 27.8 Å². The summed E-state index contributed by atoms with van der Waals surface area (Å²) in [6.07, 6.45) is -2.23. The first-order chi connectivity index (χ1) is 33.9. The summed E-state index contributed by atoms with van der Waals surface area (Å²) < 4.78 is 58.8. The van der Waals surface area contributed by atoms with Crippen molar-refractivity contribution in [3.05, 3.63) is 239 Å². The van der Waals surface area contributed by atoms with E-state index in [0.29, 0.717) is 40.9 Å². The van der Waals surface area contributed by atoms with Gasteiger partial charge < -0.3 is 47.7 Å². The number of methoxy groups -OCH3 is 3. The SMILES string of the molecule is COc1cc(OC)c(C2(O)c3c(OCc4ccccc4)cc(OCc4ccccc4)cc3O[C@H](c3ccc(OCc4ccccc4)c(OCc4ccccc4)c3)[C@@H]2OCc2ccccc2)c(OC)c1. The number of aliphatic hydroxyl groups is 1. The molecule has 8 aromatic carbocycles. The van der Waals surface area contributed by atoms with Gasteiger partial charge in [-0.3, -0.25) is 0 Å². The van der Waals surface area contributed by atoms with Crippen molar-refractivity contribution in [2.75, 3.05) is 21.3 Å². The van der Waals surface area contributed by atoms with Crippen molar-refractivity contribution in [3.63, 3.8) is 0 Å². The largest absolute Gasteiger partial charge is 0.496 e. The molecule has 69 heavy (non-hydrogen) atoms. The summed E-state index contributed by atoms with van der Waals surface area (Å²) in [5, 5.41) is 14.4. The molecule has 0 saturated heterocycles. The Morgan fingerprint density at radius 3 is 1.32 bits per heavy atom. The predicted octanol–water partition coefficient (Wildman–Crippen LogP) is 12.0. The molecule has 0 bridgehead atoms. The molecule has 3 atom stereocenters. The molecule has 0 aromatic heterocycles. The maximum Gasteiger partial charge on any atom is 0.162 e. The van der Waals surface area contributed by atoms with Crippen LogP contribution in [0.1, 0.15) is 50.6 Å². The van der Waals surface area contributed by atoms with Crippen LogP contribution in [0, 0.1) is 0 Å². The predicted molar refractivity (Wildman–Crippen MR) is 263 cm³/mol.